The van der Waals surface area contributed by atoms with Gasteiger partial charge in [-0.2, -0.15) is 0 Å². The number of carboxylic acid groups (broad SMARTS) is 2. The Morgan fingerprint density at radius 1 is 0.478 bits per heavy atom. The van der Waals surface area contributed by atoms with Crippen LogP contribution >= 0.6 is 12.4 Å². The molecule has 0 saturated heterocycles. The Balaban J connectivity index is 0. The second-order valence-electron chi connectivity index (χ2n) is 17.2. The maximum atomic E-state index is 12.1. The first-order chi connectivity index (χ1) is 19.5. The van der Waals surface area contributed by atoms with Gasteiger partial charge in [0.1, 0.15) is 0 Å². The van der Waals surface area contributed by atoms with Gasteiger partial charge >= 0.3 is 11.9 Å². The van der Waals surface area contributed by atoms with Crippen LogP contribution in [0.1, 0.15) is 150 Å². The van der Waals surface area contributed by atoms with Gasteiger partial charge in [0.25, 0.3) is 11.3 Å². The van der Waals surface area contributed by atoms with Crippen molar-refractivity contribution < 1.29 is 36.6 Å². The molecule has 2 aliphatic rings. The standard InChI is InChI=1S/2C18H32N2O2.ClH.Co/c2*1-10-16(6,7)12-13(17(8,9)11-2)20-18(19-12,14(21)22)15(3,4)5;;/h2*10-11H2,1-9H3,(H,21,22);1H;. The SMILES string of the molecule is CCC(C)(C)C1=NC(C(=O)O)(C(C)(C)C)N=C1C(C)(C)CC.CCC(C)(C)C1=NC(C(=O)O)(C(C)(C)C)N=C1C(C)(C)CC.Cl.[Co]. The van der Waals surface area contributed by atoms with E-state index in [4.69, 9.17) is 20.0 Å². The number of hydrogen-bond donors (Lipinski definition) is 2. The van der Waals surface area contributed by atoms with E-state index in [1.165, 1.54) is 0 Å². The van der Waals surface area contributed by atoms with Gasteiger partial charge < -0.3 is 10.2 Å². The molecule has 10 heteroatoms. The maximum Gasteiger partial charge on any atom is 0.354 e. The molecule has 8 nitrogen and oxygen atoms in total. The molecule has 269 valence electrons. The van der Waals surface area contributed by atoms with Crippen molar-refractivity contribution in [3.05, 3.63) is 0 Å². The summed E-state index contributed by atoms with van der Waals surface area (Å²) in [6.07, 6.45) is 3.57. The Hall–Kier alpha value is -1.58. The molecule has 0 saturated carbocycles. The van der Waals surface area contributed by atoms with Crippen molar-refractivity contribution in [2.24, 2.45) is 52.5 Å². The summed E-state index contributed by atoms with van der Waals surface area (Å²) in [6, 6.07) is 0. The van der Waals surface area contributed by atoms with E-state index in [1.807, 2.05) is 41.5 Å². The number of carboxylic acids is 2. The quantitative estimate of drug-likeness (QED) is 0.234. The van der Waals surface area contributed by atoms with Crippen molar-refractivity contribution in [2.75, 3.05) is 0 Å². The summed E-state index contributed by atoms with van der Waals surface area (Å²) >= 11 is 0. The van der Waals surface area contributed by atoms with Gasteiger partial charge in [-0.25, -0.2) is 29.6 Å². The fourth-order valence-electron chi connectivity index (χ4n) is 4.97. The summed E-state index contributed by atoms with van der Waals surface area (Å²) in [6.45, 7) is 36.8. The molecule has 0 aliphatic carbocycles. The zero-order valence-electron chi connectivity index (χ0n) is 32.1. The number of aliphatic imine (C=N–C) groups is 4. The molecule has 0 aromatic heterocycles. The van der Waals surface area contributed by atoms with Gasteiger partial charge in [-0.15, -0.1) is 12.4 Å². The average molecular weight is 712 g/mol. The van der Waals surface area contributed by atoms with Crippen LogP contribution in [0.25, 0.3) is 0 Å². The third-order valence-electron chi connectivity index (χ3n) is 10.3. The molecule has 0 aromatic rings. The van der Waals surface area contributed by atoms with Crippen molar-refractivity contribution in [2.45, 2.75) is 162 Å². The van der Waals surface area contributed by atoms with Crippen molar-refractivity contribution in [3.63, 3.8) is 0 Å². The molecule has 0 aromatic carbocycles. The van der Waals surface area contributed by atoms with Crippen LogP contribution < -0.4 is 0 Å². The van der Waals surface area contributed by atoms with Crippen LogP contribution in [0, 0.1) is 32.5 Å². The third kappa shape index (κ3) is 8.52. The normalized spacial score (nSPS) is 18.1. The minimum atomic E-state index is -1.42. The summed E-state index contributed by atoms with van der Waals surface area (Å²) in [7, 11) is 0. The molecule has 2 rings (SSSR count). The summed E-state index contributed by atoms with van der Waals surface area (Å²) in [5.41, 5.74) is -1.31. The van der Waals surface area contributed by atoms with Gasteiger partial charge in [0.15, 0.2) is 0 Å². The van der Waals surface area contributed by atoms with Crippen molar-refractivity contribution >= 4 is 47.2 Å². The van der Waals surface area contributed by atoms with E-state index in [-0.39, 0.29) is 50.8 Å². The predicted octanol–water partition coefficient (Wildman–Crippen LogP) is 9.58. The summed E-state index contributed by atoms with van der Waals surface area (Å²) in [5, 5.41) is 19.8. The average Bonchev–Trinajstić information content (AvgIpc) is 3.53. The molecule has 1 radical (unpaired) electrons. The van der Waals surface area contributed by atoms with E-state index in [0.717, 1.165) is 48.5 Å². The fraction of sp³-hybridized carbons (Fsp3) is 0.833. The molecule has 0 amide bonds. The number of carbonyl (C=O) groups is 2. The first-order valence-electron chi connectivity index (χ1n) is 16.4. The zero-order chi connectivity index (χ0) is 35.1. The Kier molecular flexibility index (Phi) is 15.1. The van der Waals surface area contributed by atoms with Crippen LogP contribution in [0.5, 0.6) is 0 Å². The molecule has 46 heavy (non-hydrogen) atoms. The van der Waals surface area contributed by atoms with Crippen LogP contribution in [-0.2, 0) is 26.4 Å². The number of aliphatic carboxylic acids is 2. The van der Waals surface area contributed by atoms with E-state index in [2.05, 4.69) is 83.1 Å². The predicted molar refractivity (Wildman–Crippen MR) is 193 cm³/mol. The van der Waals surface area contributed by atoms with Crippen molar-refractivity contribution in [3.8, 4) is 0 Å². The molecule has 0 atom stereocenters. The maximum absolute atomic E-state index is 12.1. The monoisotopic (exact) mass is 711 g/mol. The molecule has 2 aliphatic heterocycles. The van der Waals surface area contributed by atoms with E-state index < -0.39 is 34.1 Å². The molecule has 0 unspecified atom stereocenters. The number of rotatable bonds is 10. The molecular formula is C36H65ClCoN4O4. The summed E-state index contributed by atoms with van der Waals surface area (Å²) in [4.78, 5) is 43.1. The van der Waals surface area contributed by atoms with E-state index in [9.17, 15) is 19.8 Å². The van der Waals surface area contributed by atoms with Crippen molar-refractivity contribution in [1.29, 1.82) is 0 Å². The molecule has 2 heterocycles. The van der Waals surface area contributed by atoms with Crippen LogP contribution in [0.3, 0.4) is 0 Å². The minimum Gasteiger partial charge on any atom is -0.478 e. The van der Waals surface area contributed by atoms with Gasteiger partial charge in [-0.05, 0) is 25.7 Å². The molecule has 0 spiro atoms. The molecule has 0 fully saturated rings. The Morgan fingerprint density at radius 2 is 0.630 bits per heavy atom. The van der Waals surface area contributed by atoms with Gasteiger partial charge in [0, 0.05) is 49.3 Å². The Labute approximate surface area is 296 Å². The van der Waals surface area contributed by atoms with Gasteiger partial charge in [-0.3, -0.25) is 0 Å². The molecule has 0 bridgehead atoms. The summed E-state index contributed by atoms with van der Waals surface area (Å²) < 4.78 is 0. The first kappa shape index (κ1) is 46.5. The summed E-state index contributed by atoms with van der Waals surface area (Å²) in [5.74, 6) is -1.93. The van der Waals surface area contributed by atoms with Gasteiger partial charge in [-0.1, -0.05) is 125 Å². The second-order valence-corrected chi connectivity index (χ2v) is 17.2. The van der Waals surface area contributed by atoms with Crippen LogP contribution in [0.2, 0.25) is 0 Å². The Bertz CT molecular complexity index is 1090. The minimum absolute atomic E-state index is 0. The first-order valence-corrected chi connectivity index (χ1v) is 16.4. The van der Waals surface area contributed by atoms with Gasteiger partial charge in [0.2, 0.25) is 0 Å². The van der Waals surface area contributed by atoms with Crippen molar-refractivity contribution in [1.82, 2.24) is 0 Å². The number of hydrogen-bond acceptors (Lipinski definition) is 6. The largest absolute Gasteiger partial charge is 0.478 e. The van der Waals surface area contributed by atoms with Crippen LogP contribution in [-0.4, -0.2) is 56.3 Å². The second kappa shape index (κ2) is 14.9. The van der Waals surface area contributed by atoms with E-state index in [0.29, 0.717) is 0 Å². The number of nitrogens with zero attached hydrogens (tertiary/aromatic N) is 4. The topological polar surface area (TPSA) is 124 Å². The fourth-order valence-corrected chi connectivity index (χ4v) is 4.97. The van der Waals surface area contributed by atoms with E-state index >= 15 is 0 Å². The molecular weight excluding hydrogens is 647 g/mol. The zero-order valence-corrected chi connectivity index (χ0v) is 33.9. The number of halogens is 1. The van der Waals surface area contributed by atoms with Gasteiger partial charge in [0.05, 0.1) is 22.8 Å². The molecule has 2 N–H and O–H groups in total. The smallest absolute Gasteiger partial charge is 0.354 e. The van der Waals surface area contributed by atoms with Crippen LogP contribution in [0.15, 0.2) is 20.0 Å². The Morgan fingerprint density at radius 3 is 0.717 bits per heavy atom. The van der Waals surface area contributed by atoms with E-state index in [1.54, 1.807) is 0 Å². The van der Waals surface area contributed by atoms with Crippen LogP contribution in [0.4, 0.5) is 0 Å². The third-order valence-corrected chi connectivity index (χ3v) is 10.3.